The van der Waals surface area contributed by atoms with Crippen molar-refractivity contribution >= 4 is 27.7 Å². The molecule has 124 valence electrons. The summed E-state index contributed by atoms with van der Waals surface area (Å²) >= 11 is 1.55. The number of amides is 1. The summed E-state index contributed by atoms with van der Waals surface area (Å²) in [5.74, 6) is 0.253. The number of carbonyl (C=O) groups excluding carboxylic acids is 1. The second-order valence-electron chi connectivity index (χ2n) is 6.07. The van der Waals surface area contributed by atoms with Crippen molar-refractivity contribution in [3.63, 3.8) is 0 Å². The molecule has 5 nitrogen and oxygen atoms in total. The fraction of sp³-hybridized carbons (Fsp3) is 0.533. The van der Waals surface area contributed by atoms with E-state index in [1.165, 1.54) is 18.4 Å². The maximum absolute atomic E-state index is 12.3. The highest BCUT2D eigenvalue weighted by Gasteiger charge is 2.21. The zero-order valence-corrected chi connectivity index (χ0v) is 15.3. The third-order valence-electron chi connectivity index (χ3n) is 2.84. The zero-order chi connectivity index (χ0) is 17.0. The molecule has 0 bridgehead atoms. The number of hydrogen-bond donors (Lipinski definition) is 1. The van der Waals surface area contributed by atoms with E-state index < -0.39 is 10.0 Å². The van der Waals surface area contributed by atoms with Crippen LogP contribution in [0.15, 0.2) is 29.2 Å². The smallest absolute Gasteiger partial charge is 0.242 e. The van der Waals surface area contributed by atoms with Crippen LogP contribution in [0, 0.1) is 0 Å². The molecule has 0 atom stereocenters. The summed E-state index contributed by atoms with van der Waals surface area (Å²) < 4.78 is 25.7. The van der Waals surface area contributed by atoms with Gasteiger partial charge in [-0.05, 0) is 11.6 Å². The summed E-state index contributed by atoms with van der Waals surface area (Å²) in [6, 6.07) is 6.71. The maximum Gasteiger partial charge on any atom is 0.242 e. The molecule has 1 aromatic rings. The van der Waals surface area contributed by atoms with Gasteiger partial charge in [0.15, 0.2) is 0 Å². The van der Waals surface area contributed by atoms with Gasteiger partial charge in [-0.1, -0.05) is 39.0 Å². The standard InChI is InChI=1S/C15H24N2O3S2/c1-15(2,3)21-11-14(18)16-10-12-8-6-7-9-13(12)22(19,20)17(4)5/h6-9H,10-11H2,1-5H3,(H,16,18). The zero-order valence-electron chi connectivity index (χ0n) is 13.7. The predicted octanol–water partition coefficient (Wildman–Crippen LogP) is 2.08. The first-order valence-electron chi connectivity index (χ1n) is 6.95. The molecule has 0 radical (unpaired) electrons. The average Bonchev–Trinajstić information content (AvgIpc) is 2.42. The van der Waals surface area contributed by atoms with Crippen molar-refractivity contribution in [2.75, 3.05) is 19.8 Å². The van der Waals surface area contributed by atoms with Gasteiger partial charge in [-0.25, -0.2) is 12.7 Å². The average molecular weight is 345 g/mol. The van der Waals surface area contributed by atoms with Gasteiger partial charge < -0.3 is 5.32 Å². The summed E-state index contributed by atoms with van der Waals surface area (Å²) in [7, 11) is -0.533. The second kappa shape index (κ2) is 7.48. The van der Waals surface area contributed by atoms with E-state index in [0.717, 1.165) is 0 Å². The predicted molar refractivity (Wildman–Crippen MR) is 91.4 cm³/mol. The van der Waals surface area contributed by atoms with E-state index in [0.29, 0.717) is 11.3 Å². The van der Waals surface area contributed by atoms with Crippen molar-refractivity contribution < 1.29 is 13.2 Å². The van der Waals surface area contributed by atoms with Crippen LogP contribution in [0.4, 0.5) is 0 Å². The van der Waals surface area contributed by atoms with Gasteiger partial charge in [0.05, 0.1) is 10.6 Å². The molecular formula is C15H24N2O3S2. The first-order chi connectivity index (χ1) is 10.0. The molecule has 0 heterocycles. The summed E-state index contributed by atoms with van der Waals surface area (Å²) in [6.45, 7) is 6.34. The lowest BCUT2D eigenvalue weighted by atomic mass is 10.2. The van der Waals surface area contributed by atoms with Crippen LogP contribution in [0.3, 0.4) is 0 Å². The van der Waals surface area contributed by atoms with Crippen LogP contribution in [0.25, 0.3) is 0 Å². The molecule has 1 amide bonds. The second-order valence-corrected chi connectivity index (χ2v) is 10.00. The number of hydrogen-bond acceptors (Lipinski definition) is 4. The third-order valence-corrected chi connectivity index (χ3v) is 6.03. The number of nitrogens with one attached hydrogen (secondary N) is 1. The topological polar surface area (TPSA) is 66.5 Å². The monoisotopic (exact) mass is 344 g/mol. The molecule has 0 aromatic heterocycles. The molecule has 0 aliphatic carbocycles. The quantitative estimate of drug-likeness (QED) is 0.858. The van der Waals surface area contributed by atoms with Crippen molar-refractivity contribution in [3.05, 3.63) is 29.8 Å². The summed E-state index contributed by atoms with van der Waals surface area (Å²) in [6.07, 6.45) is 0. The van der Waals surface area contributed by atoms with Crippen LogP contribution >= 0.6 is 11.8 Å². The molecule has 22 heavy (non-hydrogen) atoms. The molecule has 7 heteroatoms. The molecule has 0 aliphatic rings. The fourth-order valence-corrected chi connectivity index (χ4v) is 3.41. The van der Waals surface area contributed by atoms with E-state index in [4.69, 9.17) is 0 Å². The summed E-state index contributed by atoms with van der Waals surface area (Å²) in [5.41, 5.74) is 0.588. The highest BCUT2D eigenvalue weighted by Crippen LogP contribution is 2.22. The van der Waals surface area contributed by atoms with Crippen LogP contribution in [0.2, 0.25) is 0 Å². The van der Waals surface area contributed by atoms with Crippen molar-refractivity contribution in [1.82, 2.24) is 9.62 Å². The highest BCUT2D eigenvalue weighted by atomic mass is 32.2. The lowest BCUT2D eigenvalue weighted by molar-refractivity contribution is -0.118. The molecule has 1 N–H and O–H groups in total. The minimum Gasteiger partial charge on any atom is -0.351 e. The number of sulfonamides is 1. The number of thioether (sulfide) groups is 1. The molecule has 0 unspecified atom stereocenters. The lowest BCUT2D eigenvalue weighted by Gasteiger charge is -2.18. The molecular weight excluding hydrogens is 320 g/mol. The summed E-state index contributed by atoms with van der Waals surface area (Å²) in [5, 5.41) is 2.78. The highest BCUT2D eigenvalue weighted by molar-refractivity contribution is 8.01. The fourth-order valence-electron chi connectivity index (χ4n) is 1.63. The van der Waals surface area contributed by atoms with Crippen LogP contribution in [-0.4, -0.2) is 43.2 Å². The first-order valence-corrected chi connectivity index (χ1v) is 9.38. The van der Waals surface area contributed by atoms with Crippen LogP contribution in [-0.2, 0) is 21.4 Å². The number of benzene rings is 1. The van der Waals surface area contributed by atoms with Gasteiger partial charge >= 0.3 is 0 Å². The normalized spacial score (nSPS) is 12.5. The van der Waals surface area contributed by atoms with Crippen molar-refractivity contribution in [2.24, 2.45) is 0 Å². The van der Waals surface area contributed by atoms with Gasteiger partial charge in [0.25, 0.3) is 0 Å². The number of nitrogens with zero attached hydrogens (tertiary/aromatic N) is 1. The van der Waals surface area contributed by atoms with Gasteiger partial charge in [-0.3, -0.25) is 4.79 Å². The van der Waals surface area contributed by atoms with E-state index in [1.807, 2.05) is 20.8 Å². The number of carbonyl (C=O) groups is 1. The van der Waals surface area contributed by atoms with E-state index in [1.54, 1.807) is 36.0 Å². The maximum atomic E-state index is 12.3. The van der Waals surface area contributed by atoms with Crippen LogP contribution in [0.1, 0.15) is 26.3 Å². The first kappa shape index (κ1) is 19.0. The largest absolute Gasteiger partial charge is 0.351 e. The molecule has 0 spiro atoms. The Morgan fingerprint density at radius 3 is 2.36 bits per heavy atom. The van der Waals surface area contributed by atoms with Crippen molar-refractivity contribution in [2.45, 2.75) is 37.0 Å². The van der Waals surface area contributed by atoms with Gasteiger partial charge in [-0.2, -0.15) is 0 Å². The van der Waals surface area contributed by atoms with E-state index in [2.05, 4.69) is 5.32 Å². The molecule has 1 aromatic carbocycles. The van der Waals surface area contributed by atoms with Gasteiger partial charge in [-0.15, -0.1) is 11.8 Å². The van der Waals surface area contributed by atoms with E-state index in [-0.39, 0.29) is 22.1 Å². The van der Waals surface area contributed by atoms with Crippen molar-refractivity contribution in [1.29, 1.82) is 0 Å². The molecule has 0 aliphatic heterocycles. The molecule has 0 saturated heterocycles. The minimum atomic E-state index is -3.51. The van der Waals surface area contributed by atoms with E-state index in [9.17, 15) is 13.2 Å². The Bertz CT molecular complexity index is 620. The Morgan fingerprint density at radius 2 is 1.82 bits per heavy atom. The van der Waals surface area contributed by atoms with Gasteiger partial charge in [0, 0.05) is 25.4 Å². The lowest BCUT2D eigenvalue weighted by Crippen LogP contribution is -2.28. The molecule has 0 saturated carbocycles. The van der Waals surface area contributed by atoms with Crippen LogP contribution in [0.5, 0.6) is 0 Å². The van der Waals surface area contributed by atoms with Crippen molar-refractivity contribution in [3.8, 4) is 0 Å². The van der Waals surface area contributed by atoms with Gasteiger partial charge in [0.2, 0.25) is 15.9 Å². The Hall–Kier alpha value is -1.05. The Kier molecular flexibility index (Phi) is 6.46. The van der Waals surface area contributed by atoms with Gasteiger partial charge in [0.1, 0.15) is 0 Å². The Balaban J connectivity index is 2.78. The number of rotatable bonds is 6. The third kappa shape index (κ3) is 5.62. The summed E-state index contributed by atoms with van der Waals surface area (Å²) in [4.78, 5) is 12.1. The minimum absolute atomic E-state index is 0.0174. The SMILES string of the molecule is CN(C)S(=O)(=O)c1ccccc1CNC(=O)CSC(C)(C)C. The van der Waals surface area contributed by atoms with Crippen LogP contribution < -0.4 is 5.32 Å². The molecule has 0 fully saturated rings. The van der Waals surface area contributed by atoms with E-state index >= 15 is 0 Å². The molecule has 1 rings (SSSR count). The Morgan fingerprint density at radius 1 is 1.23 bits per heavy atom. The Labute approximate surface area is 137 Å².